The van der Waals surface area contributed by atoms with Crippen molar-refractivity contribution in [1.29, 1.82) is 0 Å². The minimum Gasteiger partial charge on any atom is -0.507 e. The molecule has 1 aliphatic heterocycles. The van der Waals surface area contributed by atoms with Crippen LogP contribution >= 0.6 is 11.6 Å². The average Bonchev–Trinajstić information content (AvgIpc) is 3.15. The van der Waals surface area contributed by atoms with Crippen LogP contribution in [0.25, 0.3) is 5.76 Å². The van der Waals surface area contributed by atoms with Crippen molar-refractivity contribution in [2.45, 2.75) is 26.8 Å². The maximum absolute atomic E-state index is 13.5. The first-order chi connectivity index (χ1) is 17.7. The van der Waals surface area contributed by atoms with Gasteiger partial charge in [-0.2, -0.15) is 0 Å². The number of hydrogen-bond acceptors (Lipinski definition) is 6. The number of anilines is 1. The number of methoxy groups -OCH3 is 2. The first-order valence-electron chi connectivity index (χ1n) is 11.7. The summed E-state index contributed by atoms with van der Waals surface area (Å²) >= 11 is 6.29. The lowest BCUT2D eigenvalue weighted by Crippen LogP contribution is -2.29. The Balaban J connectivity index is 1.97. The Bertz CT molecular complexity index is 1410. The second-order valence-electron chi connectivity index (χ2n) is 8.63. The van der Waals surface area contributed by atoms with Crippen LogP contribution < -0.4 is 19.1 Å². The van der Waals surface area contributed by atoms with Crippen molar-refractivity contribution >= 4 is 34.7 Å². The molecule has 7 nitrogen and oxygen atoms in total. The minimum absolute atomic E-state index is 0.0583. The summed E-state index contributed by atoms with van der Waals surface area (Å²) in [6, 6.07) is 14.5. The number of halogens is 1. The van der Waals surface area contributed by atoms with Crippen LogP contribution in [0.1, 0.15) is 35.2 Å². The average molecular weight is 522 g/mol. The van der Waals surface area contributed by atoms with Crippen LogP contribution in [0.15, 0.2) is 60.2 Å². The van der Waals surface area contributed by atoms with Crippen molar-refractivity contribution in [3.8, 4) is 17.2 Å². The molecule has 0 aliphatic carbocycles. The van der Waals surface area contributed by atoms with E-state index in [1.165, 1.54) is 25.2 Å². The number of carbonyl (C=O) groups excluding carboxylic acids is 2. The molecule has 1 unspecified atom stereocenters. The Morgan fingerprint density at radius 1 is 0.919 bits per heavy atom. The monoisotopic (exact) mass is 521 g/mol. The topological polar surface area (TPSA) is 85.3 Å². The first kappa shape index (κ1) is 26.1. The number of nitrogens with zero attached hydrogens (tertiary/aromatic N) is 1. The van der Waals surface area contributed by atoms with Gasteiger partial charge in [-0.1, -0.05) is 23.7 Å². The number of amides is 1. The van der Waals surface area contributed by atoms with Crippen molar-refractivity contribution in [3.63, 3.8) is 0 Å². The van der Waals surface area contributed by atoms with Gasteiger partial charge in [0.2, 0.25) is 0 Å². The van der Waals surface area contributed by atoms with Crippen molar-refractivity contribution in [2.24, 2.45) is 0 Å². The number of aliphatic hydroxyl groups is 1. The molecule has 1 heterocycles. The van der Waals surface area contributed by atoms with Crippen LogP contribution in [0.5, 0.6) is 17.2 Å². The molecule has 4 rings (SSSR count). The largest absolute Gasteiger partial charge is 0.507 e. The second-order valence-corrected chi connectivity index (χ2v) is 9.04. The van der Waals surface area contributed by atoms with Crippen LogP contribution in [-0.2, 0) is 9.59 Å². The van der Waals surface area contributed by atoms with Gasteiger partial charge >= 0.3 is 0 Å². The Morgan fingerprint density at radius 3 is 2.24 bits per heavy atom. The van der Waals surface area contributed by atoms with E-state index in [-0.39, 0.29) is 21.9 Å². The highest BCUT2D eigenvalue weighted by molar-refractivity contribution is 6.51. The number of carbonyl (C=O) groups is 2. The molecule has 0 radical (unpaired) electrons. The van der Waals surface area contributed by atoms with Crippen LogP contribution in [0.4, 0.5) is 5.69 Å². The molecule has 0 saturated carbocycles. The molecule has 3 aromatic carbocycles. The van der Waals surface area contributed by atoms with Crippen LogP contribution in [0.3, 0.4) is 0 Å². The maximum Gasteiger partial charge on any atom is 0.300 e. The highest BCUT2D eigenvalue weighted by Gasteiger charge is 2.47. The molecule has 1 saturated heterocycles. The summed E-state index contributed by atoms with van der Waals surface area (Å²) in [6.07, 6.45) is 0. The Kier molecular flexibility index (Phi) is 7.45. The standard InChI is InChI=1S/C29H28ClNO6/c1-6-37-24-15-18(8-12-23(24)36-5)26-25(27(32)19-9-11-22(35-4)21(30)14-19)28(33)29(34)31(26)20-10-7-16(2)17(3)13-20/h7-15,26,32H,6H2,1-5H3/b27-25+. The number of rotatable bonds is 7. The quantitative estimate of drug-likeness (QED) is 0.233. The zero-order valence-corrected chi connectivity index (χ0v) is 22.1. The molecule has 1 aliphatic rings. The van der Waals surface area contributed by atoms with E-state index in [2.05, 4.69) is 0 Å². The third-order valence-corrected chi connectivity index (χ3v) is 6.74. The fourth-order valence-corrected chi connectivity index (χ4v) is 4.65. The normalized spacial score (nSPS) is 16.7. The summed E-state index contributed by atoms with van der Waals surface area (Å²) in [4.78, 5) is 28.3. The van der Waals surface area contributed by atoms with Gasteiger partial charge in [-0.25, -0.2) is 0 Å². The summed E-state index contributed by atoms with van der Waals surface area (Å²) in [5, 5.41) is 11.6. The maximum atomic E-state index is 13.5. The van der Waals surface area contributed by atoms with Gasteiger partial charge in [0.15, 0.2) is 11.5 Å². The summed E-state index contributed by atoms with van der Waals surface area (Å²) in [7, 11) is 3.02. The molecule has 3 aromatic rings. The van der Waals surface area contributed by atoms with Gasteiger partial charge in [0, 0.05) is 11.3 Å². The molecule has 8 heteroatoms. The van der Waals surface area contributed by atoms with E-state index in [9.17, 15) is 14.7 Å². The summed E-state index contributed by atoms with van der Waals surface area (Å²) in [6.45, 7) is 6.14. The van der Waals surface area contributed by atoms with E-state index >= 15 is 0 Å². The van der Waals surface area contributed by atoms with E-state index in [4.69, 9.17) is 25.8 Å². The summed E-state index contributed by atoms with van der Waals surface area (Å²) < 4.78 is 16.4. The highest BCUT2D eigenvalue weighted by atomic mass is 35.5. The summed E-state index contributed by atoms with van der Waals surface area (Å²) in [5.74, 6) is -0.504. The number of benzene rings is 3. The van der Waals surface area contributed by atoms with E-state index in [1.54, 1.807) is 36.4 Å². The molecule has 192 valence electrons. The molecular formula is C29H28ClNO6. The molecule has 1 amide bonds. The number of ketones is 1. The van der Waals surface area contributed by atoms with Crippen LogP contribution in [0.2, 0.25) is 5.02 Å². The van der Waals surface area contributed by atoms with Gasteiger partial charge in [0.25, 0.3) is 11.7 Å². The Hall–Kier alpha value is -3.97. The van der Waals surface area contributed by atoms with Crippen molar-refractivity contribution in [2.75, 3.05) is 25.7 Å². The zero-order valence-electron chi connectivity index (χ0n) is 21.3. The fraction of sp³-hybridized carbons (Fsp3) is 0.241. The zero-order chi connectivity index (χ0) is 26.9. The molecule has 1 fully saturated rings. The van der Waals surface area contributed by atoms with Crippen molar-refractivity contribution in [3.05, 3.63) is 87.4 Å². The molecule has 0 aromatic heterocycles. The Labute approximate surface area is 220 Å². The predicted molar refractivity (Wildman–Crippen MR) is 143 cm³/mol. The fourth-order valence-electron chi connectivity index (χ4n) is 4.39. The SMILES string of the molecule is CCOc1cc(C2/C(=C(\O)c3ccc(OC)c(Cl)c3)C(=O)C(=O)N2c2ccc(C)c(C)c2)ccc1OC. The third-order valence-electron chi connectivity index (χ3n) is 6.44. The van der Waals surface area contributed by atoms with Crippen LogP contribution in [-0.4, -0.2) is 37.6 Å². The molecule has 1 atom stereocenters. The van der Waals surface area contributed by atoms with Gasteiger partial charge in [-0.15, -0.1) is 0 Å². The van der Waals surface area contributed by atoms with Gasteiger partial charge in [-0.05, 0) is 79.9 Å². The predicted octanol–water partition coefficient (Wildman–Crippen LogP) is 6.00. The molecular weight excluding hydrogens is 494 g/mol. The molecule has 0 spiro atoms. The number of aryl methyl sites for hydroxylation is 2. The third kappa shape index (κ3) is 4.74. The second kappa shape index (κ2) is 10.6. The number of aliphatic hydroxyl groups excluding tert-OH is 1. The van der Waals surface area contributed by atoms with Gasteiger partial charge < -0.3 is 19.3 Å². The van der Waals surface area contributed by atoms with Crippen molar-refractivity contribution < 1.29 is 28.9 Å². The minimum atomic E-state index is -0.923. The lowest BCUT2D eigenvalue weighted by Gasteiger charge is -2.26. The smallest absolute Gasteiger partial charge is 0.300 e. The lowest BCUT2D eigenvalue weighted by molar-refractivity contribution is -0.132. The lowest BCUT2D eigenvalue weighted by atomic mass is 9.94. The highest BCUT2D eigenvalue weighted by Crippen LogP contribution is 2.45. The number of ether oxygens (including phenoxy) is 3. The van der Waals surface area contributed by atoms with Gasteiger partial charge in [0.1, 0.15) is 11.5 Å². The Morgan fingerprint density at radius 2 is 1.62 bits per heavy atom. The van der Waals surface area contributed by atoms with E-state index < -0.39 is 17.7 Å². The molecule has 1 N–H and O–H groups in total. The number of hydrogen-bond donors (Lipinski definition) is 1. The number of Topliss-reactive ketones (excluding diaryl/α,β-unsaturated/α-hetero) is 1. The molecule has 0 bridgehead atoms. The molecule has 37 heavy (non-hydrogen) atoms. The van der Waals surface area contributed by atoms with E-state index in [0.29, 0.717) is 35.1 Å². The first-order valence-corrected chi connectivity index (χ1v) is 12.1. The van der Waals surface area contributed by atoms with E-state index in [1.807, 2.05) is 32.9 Å². The van der Waals surface area contributed by atoms with Crippen molar-refractivity contribution in [1.82, 2.24) is 0 Å². The van der Waals surface area contributed by atoms with Gasteiger partial charge in [0.05, 0.1) is 37.5 Å². The van der Waals surface area contributed by atoms with Crippen LogP contribution in [0, 0.1) is 13.8 Å². The van der Waals surface area contributed by atoms with E-state index in [0.717, 1.165) is 11.1 Å². The van der Waals surface area contributed by atoms with Gasteiger partial charge in [-0.3, -0.25) is 14.5 Å². The summed E-state index contributed by atoms with van der Waals surface area (Å²) in [5.41, 5.74) is 3.35.